The SMILES string of the molecule is CC(=O)Cc1c(C)nn(-c2cc(Cc3c(C)c(-c4ccc(F)cc4)nn3CC3CC3)ncn2)c1C. The lowest BCUT2D eigenvalue weighted by Crippen LogP contribution is -2.10. The van der Waals surface area contributed by atoms with E-state index in [9.17, 15) is 9.18 Å². The zero-order valence-electron chi connectivity index (χ0n) is 20.5. The Balaban J connectivity index is 1.49. The number of ketones is 1. The molecule has 1 aliphatic carbocycles. The van der Waals surface area contributed by atoms with Gasteiger partial charge in [-0.2, -0.15) is 10.2 Å². The summed E-state index contributed by atoms with van der Waals surface area (Å²) in [6.07, 6.45) is 4.97. The number of Topliss-reactive ketones (excluding diaryl/α,β-unsaturated/α-hetero) is 1. The fourth-order valence-corrected chi connectivity index (χ4v) is 4.56. The molecule has 1 fully saturated rings. The first kappa shape index (κ1) is 23.1. The molecule has 7 nitrogen and oxygen atoms in total. The quantitative estimate of drug-likeness (QED) is 0.371. The summed E-state index contributed by atoms with van der Waals surface area (Å²) in [5.74, 6) is 1.18. The number of nitrogens with zero attached hydrogens (tertiary/aromatic N) is 6. The van der Waals surface area contributed by atoms with Gasteiger partial charge in [-0.15, -0.1) is 0 Å². The summed E-state index contributed by atoms with van der Waals surface area (Å²) in [6.45, 7) is 8.42. The molecule has 0 N–H and O–H groups in total. The minimum absolute atomic E-state index is 0.107. The lowest BCUT2D eigenvalue weighted by molar-refractivity contribution is -0.116. The summed E-state index contributed by atoms with van der Waals surface area (Å²) >= 11 is 0. The van der Waals surface area contributed by atoms with Gasteiger partial charge >= 0.3 is 0 Å². The molecule has 4 aromatic rings. The van der Waals surface area contributed by atoms with E-state index in [0.717, 1.165) is 51.7 Å². The lowest BCUT2D eigenvalue weighted by atomic mass is 10.0. The highest BCUT2D eigenvalue weighted by Gasteiger charge is 2.26. The molecule has 0 saturated heterocycles. The van der Waals surface area contributed by atoms with Crippen molar-refractivity contribution in [1.29, 1.82) is 0 Å². The Morgan fingerprint density at radius 3 is 2.51 bits per heavy atom. The third kappa shape index (κ3) is 4.78. The maximum atomic E-state index is 13.5. The minimum Gasteiger partial charge on any atom is -0.300 e. The summed E-state index contributed by atoms with van der Waals surface area (Å²) in [7, 11) is 0. The Kier molecular flexibility index (Phi) is 6.05. The van der Waals surface area contributed by atoms with Gasteiger partial charge in [0, 0.05) is 48.0 Å². The molecular weight excluding hydrogens is 443 g/mol. The van der Waals surface area contributed by atoms with Crippen LogP contribution < -0.4 is 0 Å². The van der Waals surface area contributed by atoms with Crippen molar-refractivity contribution in [3.05, 3.63) is 76.4 Å². The molecule has 0 radical (unpaired) electrons. The van der Waals surface area contributed by atoms with Crippen molar-refractivity contribution in [2.45, 2.75) is 59.9 Å². The monoisotopic (exact) mass is 472 g/mol. The highest BCUT2D eigenvalue weighted by Crippen LogP contribution is 2.33. The van der Waals surface area contributed by atoms with Crippen LogP contribution in [-0.2, 0) is 24.2 Å². The van der Waals surface area contributed by atoms with Crippen molar-refractivity contribution < 1.29 is 9.18 Å². The number of aryl methyl sites for hydroxylation is 1. The topological polar surface area (TPSA) is 78.5 Å². The van der Waals surface area contributed by atoms with Crippen molar-refractivity contribution >= 4 is 5.78 Å². The lowest BCUT2D eigenvalue weighted by Gasteiger charge is -2.09. The Morgan fingerprint density at radius 1 is 1.09 bits per heavy atom. The summed E-state index contributed by atoms with van der Waals surface area (Å²) in [5, 5.41) is 9.57. The van der Waals surface area contributed by atoms with Gasteiger partial charge in [-0.25, -0.2) is 19.0 Å². The number of aromatic nitrogens is 6. The molecule has 3 heterocycles. The summed E-state index contributed by atoms with van der Waals surface area (Å²) < 4.78 is 17.4. The van der Waals surface area contributed by atoms with Crippen LogP contribution in [0.5, 0.6) is 0 Å². The van der Waals surface area contributed by atoms with Gasteiger partial charge in [0.15, 0.2) is 5.82 Å². The van der Waals surface area contributed by atoms with Gasteiger partial charge in [-0.3, -0.25) is 9.48 Å². The first-order valence-corrected chi connectivity index (χ1v) is 12.0. The zero-order chi connectivity index (χ0) is 24.7. The summed E-state index contributed by atoms with van der Waals surface area (Å²) in [6, 6.07) is 8.45. The van der Waals surface area contributed by atoms with E-state index in [1.54, 1.807) is 30.1 Å². The van der Waals surface area contributed by atoms with E-state index in [2.05, 4.69) is 26.7 Å². The molecule has 0 aliphatic heterocycles. The predicted octanol–water partition coefficient (Wildman–Crippen LogP) is 4.72. The van der Waals surface area contributed by atoms with Crippen LogP contribution in [0.2, 0.25) is 0 Å². The van der Waals surface area contributed by atoms with Crippen LogP contribution in [0.1, 0.15) is 53.7 Å². The van der Waals surface area contributed by atoms with Crippen molar-refractivity contribution in [3.63, 3.8) is 0 Å². The fraction of sp³-hybridized carbons (Fsp3) is 0.370. The average molecular weight is 473 g/mol. The number of benzene rings is 1. The van der Waals surface area contributed by atoms with Gasteiger partial charge in [0.1, 0.15) is 17.9 Å². The van der Waals surface area contributed by atoms with Crippen LogP contribution >= 0.6 is 0 Å². The Hall–Kier alpha value is -3.68. The molecule has 8 heteroatoms. The number of carbonyl (C=O) groups is 1. The van der Waals surface area contributed by atoms with Gasteiger partial charge in [0.25, 0.3) is 0 Å². The molecule has 0 atom stereocenters. The number of halogens is 1. The normalized spacial score (nSPS) is 13.4. The number of rotatable bonds is 8. The van der Waals surface area contributed by atoms with E-state index < -0.39 is 0 Å². The maximum absolute atomic E-state index is 13.5. The molecule has 0 spiro atoms. The summed E-state index contributed by atoms with van der Waals surface area (Å²) in [5.41, 5.74) is 7.52. The van der Waals surface area contributed by atoms with Crippen LogP contribution in [0.4, 0.5) is 4.39 Å². The van der Waals surface area contributed by atoms with Gasteiger partial charge in [0.2, 0.25) is 0 Å². The molecule has 5 rings (SSSR count). The Bertz CT molecular complexity index is 1400. The number of hydrogen-bond donors (Lipinski definition) is 0. The van der Waals surface area contributed by atoms with Crippen molar-refractivity contribution in [3.8, 4) is 17.1 Å². The molecule has 1 aromatic carbocycles. The van der Waals surface area contributed by atoms with Crippen LogP contribution in [0.25, 0.3) is 17.1 Å². The molecule has 35 heavy (non-hydrogen) atoms. The molecule has 0 bridgehead atoms. The average Bonchev–Trinajstić information content (AvgIpc) is 3.55. The van der Waals surface area contributed by atoms with Gasteiger partial charge in [0.05, 0.1) is 17.1 Å². The van der Waals surface area contributed by atoms with E-state index in [-0.39, 0.29) is 11.6 Å². The van der Waals surface area contributed by atoms with Gasteiger partial charge in [-0.1, -0.05) is 0 Å². The fourth-order valence-electron chi connectivity index (χ4n) is 4.56. The molecule has 1 aliphatic rings. The standard InChI is InChI=1S/C27H29FN6O/c1-16(35)11-24-18(3)31-34(19(24)4)26-13-23(29-15-30-26)12-25-17(2)27(21-7-9-22(28)10-8-21)32-33(25)14-20-5-6-20/h7-10,13,15,20H,5-6,11-12,14H2,1-4H3. The highest BCUT2D eigenvalue weighted by molar-refractivity contribution is 5.78. The number of carbonyl (C=O) groups excluding carboxylic acids is 1. The van der Waals surface area contributed by atoms with E-state index in [4.69, 9.17) is 5.10 Å². The molecule has 3 aromatic heterocycles. The van der Waals surface area contributed by atoms with E-state index in [1.807, 2.05) is 19.9 Å². The van der Waals surface area contributed by atoms with E-state index in [0.29, 0.717) is 24.6 Å². The first-order valence-electron chi connectivity index (χ1n) is 12.0. The van der Waals surface area contributed by atoms with Crippen LogP contribution in [-0.4, -0.2) is 35.3 Å². The minimum atomic E-state index is -0.256. The zero-order valence-corrected chi connectivity index (χ0v) is 20.5. The smallest absolute Gasteiger partial charge is 0.157 e. The third-order valence-electron chi connectivity index (χ3n) is 6.71. The predicted molar refractivity (Wildman–Crippen MR) is 131 cm³/mol. The van der Waals surface area contributed by atoms with Crippen molar-refractivity contribution in [2.24, 2.45) is 5.92 Å². The third-order valence-corrected chi connectivity index (χ3v) is 6.71. The highest BCUT2D eigenvalue weighted by atomic mass is 19.1. The van der Waals surface area contributed by atoms with Gasteiger partial charge in [-0.05, 0) is 76.3 Å². The maximum Gasteiger partial charge on any atom is 0.157 e. The Morgan fingerprint density at radius 2 is 1.83 bits per heavy atom. The number of hydrogen-bond acceptors (Lipinski definition) is 5. The molecule has 0 amide bonds. The van der Waals surface area contributed by atoms with Crippen LogP contribution in [0, 0.1) is 32.5 Å². The van der Waals surface area contributed by atoms with Crippen LogP contribution in [0.15, 0.2) is 36.7 Å². The summed E-state index contributed by atoms with van der Waals surface area (Å²) in [4.78, 5) is 20.7. The molecule has 1 saturated carbocycles. The van der Waals surface area contributed by atoms with Crippen LogP contribution in [0.3, 0.4) is 0 Å². The second-order valence-corrected chi connectivity index (χ2v) is 9.54. The molecule has 0 unspecified atom stereocenters. The van der Waals surface area contributed by atoms with Gasteiger partial charge < -0.3 is 0 Å². The largest absolute Gasteiger partial charge is 0.300 e. The molecule has 180 valence electrons. The molecular formula is C27H29FN6O. The van der Waals surface area contributed by atoms with E-state index >= 15 is 0 Å². The second kappa shape index (κ2) is 9.17. The van der Waals surface area contributed by atoms with Crippen molar-refractivity contribution in [2.75, 3.05) is 0 Å². The second-order valence-electron chi connectivity index (χ2n) is 9.54. The van der Waals surface area contributed by atoms with E-state index in [1.165, 1.54) is 25.0 Å². The Labute approximate surface area is 204 Å². The first-order chi connectivity index (χ1) is 16.8. The van der Waals surface area contributed by atoms with Crippen molar-refractivity contribution in [1.82, 2.24) is 29.5 Å².